The maximum Gasteiger partial charge on any atom is 0.323 e. The van der Waals surface area contributed by atoms with Gasteiger partial charge in [0.05, 0.1) is 11.0 Å². The summed E-state index contributed by atoms with van der Waals surface area (Å²) in [5.41, 5.74) is 4.80. The number of fused-ring (bicyclic) bond motifs is 2. The zero-order chi connectivity index (χ0) is 26.2. The lowest BCUT2D eigenvalue weighted by Gasteiger charge is -2.10. The Balaban J connectivity index is 1.41. The minimum absolute atomic E-state index is 0.354. The highest BCUT2D eigenvalue weighted by Crippen LogP contribution is 2.37. The third-order valence-electron chi connectivity index (χ3n) is 6.65. The molecule has 0 radical (unpaired) electrons. The second-order valence-electron chi connectivity index (χ2n) is 9.11. The number of carboxylic acid groups (broad SMARTS) is 1. The van der Waals surface area contributed by atoms with Crippen LogP contribution in [-0.2, 0) is 17.8 Å². The van der Waals surface area contributed by atoms with Crippen molar-refractivity contribution in [1.29, 1.82) is 0 Å². The number of aromatic amines is 1. The highest BCUT2D eigenvalue weighted by Gasteiger charge is 2.17. The fourth-order valence-electron chi connectivity index (χ4n) is 4.90. The van der Waals surface area contributed by atoms with Gasteiger partial charge in [-0.15, -0.1) is 0 Å². The first-order valence-electron chi connectivity index (χ1n) is 12.1. The van der Waals surface area contributed by atoms with Crippen molar-refractivity contribution < 1.29 is 14.3 Å². The summed E-state index contributed by atoms with van der Waals surface area (Å²) in [7, 11) is 0. The Morgan fingerprint density at radius 3 is 2.26 bits per heavy atom. The predicted molar refractivity (Wildman–Crippen MR) is 146 cm³/mol. The van der Waals surface area contributed by atoms with Crippen molar-refractivity contribution in [2.45, 2.75) is 13.0 Å². The van der Waals surface area contributed by atoms with E-state index in [0.717, 1.165) is 49.1 Å². The van der Waals surface area contributed by atoms with Crippen LogP contribution in [0.15, 0.2) is 111 Å². The summed E-state index contributed by atoms with van der Waals surface area (Å²) in [4.78, 5) is 38.1. The zero-order valence-corrected chi connectivity index (χ0v) is 20.2. The number of rotatable bonds is 6. The van der Waals surface area contributed by atoms with E-state index in [2.05, 4.69) is 23.2 Å². The fraction of sp³-hybridized carbons (Fsp3) is 0.0645. The Morgan fingerprint density at radius 2 is 1.50 bits per heavy atom. The molecule has 38 heavy (non-hydrogen) atoms. The van der Waals surface area contributed by atoms with Crippen LogP contribution in [0.3, 0.4) is 0 Å². The van der Waals surface area contributed by atoms with Crippen LogP contribution in [0.4, 0.5) is 0 Å². The van der Waals surface area contributed by atoms with Crippen LogP contribution in [0, 0.1) is 0 Å². The summed E-state index contributed by atoms with van der Waals surface area (Å²) in [5.74, 6) is -0.304. The van der Waals surface area contributed by atoms with Crippen LogP contribution in [-0.4, -0.2) is 20.6 Å². The lowest BCUT2D eigenvalue weighted by atomic mass is 9.96. The van der Waals surface area contributed by atoms with Crippen molar-refractivity contribution in [2.75, 3.05) is 0 Å². The summed E-state index contributed by atoms with van der Waals surface area (Å²) in [6.45, 7) is -0.586. The van der Waals surface area contributed by atoms with Crippen molar-refractivity contribution in [3.8, 4) is 22.3 Å². The number of aliphatic carboxylic acids is 1. The van der Waals surface area contributed by atoms with E-state index in [9.17, 15) is 14.4 Å². The molecule has 0 spiro atoms. The molecule has 7 heteroatoms. The van der Waals surface area contributed by atoms with E-state index in [1.807, 2.05) is 66.7 Å². The van der Waals surface area contributed by atoms with Crippen LogP contribution in [0.25, 0.3) is 44.3 Å². The minimum atomic E-state index is -1.20. The van der Waals surface area contributed by atoms with E-state index < -0.39 is 23.6 Å². The van der Waals surface area contributed by atoms with Gasteiger partial charge < -0.3 is 14.5 Å². The highest BCUT2D eigenvalue weighted by atomic mass is 16.4. The average Bonchev–Trinajstić information content (AvgIpc) is 3.29. The quantitative estimate of drug-likeness (QED) is 0.295. The molecule has 2 heterocycles. The molecule has 0 atom stereocenters. The molecule has 7 nitrogen and oxygen atoms in total. The van der Waals surface area contributed by atoms with Crippen molar-refractivity contribution in [3.05, 3.63) is 129 Å². The molecular formula is C31H22N2O5. The monoisotopic (exact) mass is 502 g/mol. The Kier molecular flexibility index (Phi) is 5.73. The number of H-pyrrole nitrogens is 1. The minimum Gasteiger partial charge on any atom is -0.480 e. The predicted octanol–water partition coefficient (Wildman–Crippen LogP) is 5.45. The molecule has 4 aromatic carbocycles. The molecule has 0 aliphatic heterocycles. The maximum atomic E-state index is 12.2. The molecule has 0 aliphatic carbocycles. The van der Waals surface area contributed by atoms with Crippen LogP contribution in [0.5, 0.6) is 0 Å². The number of para-hydroxylation sites is 1. The van der Waals surface area contributed by atoms with Gasteiger partial charge in [0.25, 0.3) is 0 Å². The first-order chi connectivity index (χ1) is 18.5. The zero-order valence-electron chi connectivity index (χ0n) is 20.2. The molecule has 6 aromatic rings. The van der Waals surface area contributed by atoms with Gasteiger partial charge in [0.2, 0.25) is 0 Å². The SMILES string of the molecule is O=C(O)Cn1c(=O)c(=O)[nH]c2cc(-c3ccc(-c4c(Cc5ccccc5)oc5ccccc45)cc3)ccc21. The Labute approximate surface area is 216 Å². The molecule has 2 N–H and O–H groups in total. The number of carboxylic acids is 1. The summed E-state index contributed by atoms with van der Waals surface area (Å²) in [5, 5.41) is 10.2. The van der Waals surface area contributed by atoms with Gasteiger partial charge in [0, 0.05) is 17.4 Å². The Morgan fingerprint density at radius 1 is 0.816 bits per heavy atom. The smallest absolute Gasteiger partial charge is 0.323 e. The molecule has 0 amide bonds. The molecule has 0 aliphatic rings. The first-order valence-corrected chi connectivity index (χ1v) is 12.1. The summed E-state index contributed by atoms with van der Waals surface area (Å²) in [6, 6.07) is 31.5. The second kappa shape index (κ2) is 9.37. The standard InChI is InChI=1S/C31H22N2O5/c34-28(35)18-33-25-15-14-22(17-24(25)32-30(36)31(33)37)20-10-12-21(13-11-20)29-23-8-4-5-9-26(23)38-27(29)16-19-6-2-1-3-7-19/h1-15,17H,16,18H2,(H,32,36)(H,34,35). The van der Waals surface area contributed by atoms with Gasteiger partial charge in [-0.2, -0.15) is 0 Å². The summed E-state index contributed by atoms with van der Waals surface area (Å²) >= 11 is 0. The van der Waals surface area contributed by atoms with E-state index in [0.29, 0.717) is 17.5 Å². The number of benzene rings is 4. The lowest BCUT2D eigenvalue weighted by molar-refractivity contribution is -0.137. The summed E-state index contributed by atoms with van der Waals surface area (Å²) in [6.07, 6.45) is 0.669. The third kappa shape index (κ3) is 4.20. The van der Waals surface area contributed by atoms with Crippen molar-refractivity contribution in [1.82, 2.24) is 9.55 Å². The molecule has 2 aromatic heterocycles. The number of hydrogen-bond acceptors (Lipinski definition) is 4. The van der Waals surface area contributed by atoms with E-state index in [1.54, 1.807) is 12.1 Å². The van der Waals surface area contributed by atoms with Crippen LogP contribution in [0.1, 0.15) is 11.3 Å². The van der Waals surface area contributed by atoms with Crippen LogP contribution < -0.4 is 11.1 Å². The van der Waals surface area contributed by atoms with Crippen molar-refractivity contribution in [3.63, 3.8) is 0 Å². The van der Waals surface area contributed by atoms with Crippen molar-refractivity contribution >= 4 is 28.0 Å². The number of aromatic nitrogens is 2. The first kappa shape index (κ1) is 23.2. The van der Waals surface area contributed by atoms with E-state index in [1.165, 1.54) is 0 Å². The molecule has 0 fully saturated rings. The largest absolute Gasteiger partial charge is 0.480 e. The van der Waals surface area contributed by atoms with Gasteiger partial charge >= 0.3 is 17.1 Å². The van der Waals surface area contributed by atoms with Gasteiger partial charge in [-0.3, -0.25) is 19.0 Å². The van der Waals surface area contributed by atoms with E-state index >= 15 is 0 Å². The number of carbonyl (C=O) groups is 1. The van der Waals surface area contributed by atoms with E-state index in [-0.39, 0.29) is 0 Å². The lowest BCUT2D eigenvalue weighted by Crippen LogP contribution is -2.37. The van der Waals surface area contributed by atoms with Gasteiger partial charge in [-0.05, 0) is 40.5 Å². The molecule has 6 rings (SSSR count). The highest BCUT2D eigenvalue weighted by molar-refractivity contribution is 5.96. The fourth-order valence-corrected chi connectivity index (χ4v) is 4.90. The topological polar surface area (TPSA) is 105 Å². The molecule has 0 saturated heterocycles. The van der Waals surface area contributed by atoms with Crippen LogP contribution in [0.2, 0.25) is 0 Å². The normalized spacial score (nSPS) is 11.3. The third-order valence-corrected chi connectivity index (χ3v) is 6.65. The number of nitrogens with one attached hydrogen (secondary N) is 1. The molecule has 0 bridgehead atoms. The average molecular weight is 503 g/mol. The van der Waals surface area contributed by atoms with Crippen LogP contribution >= 0.6 is 0 Å². The van der Waals surface area contributed by atoms with Gasteiger partial charge in [0.1, 0.15) is 17.9 Å². The Hall–Kier alpha value is -5.17. The summed E-state index contributed by atoms with van der Waals surface area (Å²) < 4.78 is 7.25. The Bertz CT molecular complexity index is 1930. The van der Waals surface area contributed by atoms with E-state index in [4.69, 9.17) is 9.52 Å². The number of furan rings is 1. The number of nitrogens with zero attached hydrogens (tertiary/aromatic N) is 1. The van der Waals surface area contributed by atoms with Gasteiger partial charge in [0.15, 0.2) is 0 Å². The molecular weight excluding hydrogens is 480 g/mol. The van der Waals surface area contributed by atoms with Gasteiger partial charge in [-0.25, -0.2) is 0 Å². The van der Waals surface area contributed by atoms with Gasteiger partial charge in [-0.1, -0.05) is 78.9 Å². The molecule has 186 valence electrons. The number of hydrogen-bond donors (Lipinski definition) is 2. The van der Waals surface area contributed by atoms with Crippen molar-refractivity contribution in [2.24, 2.45) is 0 Å². The molecule has 0 saturated carbocycles. The second-order valence-corrected chi connectivity index (χ2v) is 9.11. The maximum absolute atomic E-state index is 12.2. The molecule has 0 unspecified atom stereocenters.